The molecule has 1 heterocycles. The van der Waals surface area contributed by atoms with Crippen LogP contribution < -0.4 is 5.32 Å². The molecule has 0 saturated carbocycles. The van der Waals surface area contributed by atoms with Crippen LogP contribution in [0, 0.1) is 0 Å². The molecule has 4 nitrogen and oxygen atoms in total. The van der Waals surface area contributed by atoms with Gasteiger partial charge >= 0.3 is 5.97 Å². The minimum absolute atomic E-state index is 0.203. The largest absolute Gasteiger partial charge is 0.460 e. The molecule has 0 unspecified atom stereocenters. The van der Waals surface area contributed by atoms with Gasteiger partial charge in [0.25, 0.3) is 0 Å². The van der Waals surface area contributed by atoms with E-state index in [4.69, 9.17) is 9.47 Å². The lowest BCUT2D eigenvalue weighted by molar-refractivity contribution is 0.0436. The van der Waals surface area contributed by atoms with E-state index < -0.39 is 0 Å². The molecule has 1 saturated heterocycles. The lowest BCUT2D eigenvalue weighted by Crippen LogP contribution is -2.28. The summed E-state index contributed by atoms with van der Waals surface area (Å²) in [6.45, 7) is 4.14. The number of hydrogen-bond donors (Lipinski definition) is 1. The van der Waals surface area contributed by atoms with Crippen LogP contribution in [0.4, 0.5) is 0 Å². The summed E-state index contributed by atoms with van der Waals surface area (Å²) in [5.74, 6) is -0.264. The lowest BCUT2D eigenvalue weighted by Gasteiger charge is -2.12. The summed E-state index contributed by atoms with van der Waals surface area (Å²) < 4.78 is 11.0. The van der Waals surface area contributed by atoms with Crippen LogP contribution in [0.5, 0.6) is 0 Å². The third-order valence-corrected chi connectivity index (χ3v) is 3.16. The minimum Gasteiger partial charge on any atom is -0.460 e. The van der Waals surface area contributed by atoms with Gasteiger partial charge < -0.3 is 14.8 Å². The minimum atomic E-state index is -0.264. The molecule has 1 N–H and O–H groups in total. The van der Waals surface area contributed by atoms with Gasteiger partial charge in [-0.2, -0.15) is 0 Å². The molecule has 0 aromatic heterocycles. The van der Waals surface area contributed by atoms with Gasteiger partial charge in [0.15, 0.2) is 0 Å². The second-order valence-corrected chi connectivity index (χ2v) is 4.80. The van der Waals surface area contributed by atoms with Gasteiger partial charge in [0.2, 0.25) is 0 Å². The van der Waals surface area contributed by atoms with Gasteiger partial charge in [-0.15, -0.1) is 0 Å². The van der Waals surface area contributed by atoms with Crippen LogP contribution in [0.15, 0.2) is 30.3 Å². The van der Waals surface area contributed by atoms with Crippen molar-refractivity contribution in [3.05, 3.63) is 35.9 Å². The number of nitrogens with one attached hydrogen (secondary N) is 1. The Morgan fingerprint density at radius 3 is 2.89 bits per heavy atom. The predicted octanol–water partition coefficient (Wildman–Crippen LogP) is 2.00. The van der Waals surface area contributed by atoms with E-state index in [1.807, 2.05) is 18.2 Å². The van der Waals surface area contributed by atoms with Crippen molar-refractivity contribution < 1.29 is 14.3 Å². The second kappa shape index (κ2) is 7.26. The monoisotopic (exact) mass is 263 g/mol. The molecule has 1 fully saturated rings. The van der Waals surface area contributed by atoms with E-state index in [0.29, 0.717) is 12.2 Å². The smallest absolute Gasteiger partial charge is 0.338 e. The molecule has 0 bridgehead atoms. The summed E-state index contributed by atoms with van der Waals surface area (Å²) in [5, 5.41) is 3.32. The maximum atomic E-state index is 11.8. The van der Waals surface area contributed by atoms with Gasteiger partial charge in [0.05, 0.1) is 11.7 Å². The number of benzene rings is 1. The molecule has 0 radical (unpaired) electrons. The first-order chi connectivity index (χ1) is 9.29. The Hall–Kier alpha value is -1.39. The van der Waals surface area contributed by atoms with Gasteiger partial charge in [-0.25, -0.2) is 4.79 Å². The SMILES string of the molecule is CCCO[C@H]1CN[C@H](COC(=O)c2ccccc2)C1. The first kappa shape index (κ1) is 14.0. The zero-order valence-electron chi connectivity index (χ0n) is 11.3. The van der Waals surface area contributed by atoms with Crippen molar-refractivity contribution >= 4 is 5.97 Å². The fraction of sp³-hybridized carbons (Fsp3) is 0.533. The maximum absolute atomic E-state index is 11.8. The Kier molecular flexibility index (Phi) is 5.36. The number of esters is 1. The van der Waals surface area contributed by atoms with Crippen LogP contribution in [0.1, 0.15) is 30.1 Å². The number of ether oxygens (including phenoxy) is 2. The third-order valence-electron chi connectivity index (χ3n) is 3.16. The van der Waals surface area contributed by atoms with Crippen LogP contribution in [-0.2, 0) is 9.47 Å². The van der Waals surface area contributed by atoms with E-state index in [2.05, 4.69) is 12.2 Å². The molecule has 0 amide bonds. The first-order valence-corrected chi connectivity index (χ1v) is 6.86. The summed E-state index contributed by atoms with van der Waals surface area (Å²) in [7, 11) is 0. The van der Waals surface area contributed by atoms with E-state index in [1.54, 1.807) is 12.1 Å². The van der Waals surface area contributed by atoms with Crippen molar-refractivity contribution in [2.75, 3.05) is 19.8 Å². The van der Waals surface area contributed by atoms with Gasteiger partial charge in [-0.1, -0.05) is 25.1 Å². The summed E-state index contributed by atoms with van der Waals surface area (Å²) in [4.78, 5) is 11.8. The van der Waals surface area contributed by atoms with E-state index >= 15 is 0 Å². The quantitative estimate of drug-likeness (QED) is 0.797. The molecular weight excluding hydrogens is 242 g/mol. The second-order valence-electron chi connectivity index (χ2n) is 4.80. The number of carbonyl (C=O) groups is 1. The molecule has 1 aromatic carbocycles. The maximum Gasteiger partial charge on any atom is 0.338 e. The fourth-order valence-electron chi connectivity index (χ4n) is 2.15. The average molecular weight is 263 g/mol. The number of hydrogen-bond acceptors (Lipinski definition) is 4. The zero-order chi connectivity index (χ0) is 13.5. The van der Waals surface area contributed by atoms with E-state index in [-0.39, 0.29) is 18.1 Å². The van der Waals surface area contributed by atoms with Crippen molar-refractivity contribution in [3.63, 3.8) is 0 Å². The van der Waals surface area contributed by atoms with Gasteiger partial charge in [-0.3, -0.25) is 0 Å². The molecule has 1 aliphatic heterocycles. The van der Waals surface area contributed by atoms with Crippen molar-refractivity contribution in [2.24, 2.45) is 0 Å². The third kappa shape index (κ3) is 4.33. The molecule has 4 heteroatoms. The molecule has 0 spiro atoms. The number of rotatable bonds is 6. The van der Waals surface area contributed by atoms with Crippen LogP contribution in [0.25, 0.3) is 0 Å². The van der Waals surface area contributed by atoms with Crippen LogP contribution in [0.2, 0.25) is 0 Å². The Bertz CT molecular complexity index is 394. The van der Waals surface area contributed by atoms with Gasteiger partial charge in [0.1, 0.15) is 6.61 Å². The predicted molar refractivity (Wildman–Crippen MR) is 73.2 cm³/mol. The molecule has 19 heavy (non-hydrogen) atoms. The normalized spacial score (nSPS) is 22.4. The first-order valence-electron chi connectivity index (χ1n) is 6.86. The Balaban J connectivity index is 1.70. The van der Waals surface area contributed by atoms with Crippen LogP contribution >= 0.6 is 0 Å². The highest BCUT2D eigenvalue weighted by atomic mass is 16.5. The van der Waals surface area contributed by atoms with Gasteiger partial charge in [0, 0.05) is 19.2 Å². The van der Waals surface area contributed by atoms with Crippen molar-refractivity contribution in [2.45, 2.75) is 31.9 Å². The Morgan fingerprint density at radius 2 is 2.16 bits per heavy atom. The molecular formula is C15H21NO3. The number of carbonyl (C=O) groups excluding carboxylic acids is 1. The van der Waals surface area contributed by atoms with E-state index in [0.717, 1.165) is 26.0 Å². The molecule has 1 aliphatic rings. The van der Waals surface area contributed by atoms with Crippen molar-refractivity contribution in [3.8, 4) is 0 Å². The van der Waals surface area contributed by atoms with Crippen molar-refractivity contribution in [1.29, 1.82) is 0 Å². The van der Waals surface area contributed by atoms with E-state index in [9.17, 15) is 4.79 Å². The molecule has 2 atom stereocenters. The highest BCUT2D eigenvalue weighted by Gasteiger charge is 2.25. The topological polar surface area (TPSA) is 47.6 Å². The average Bonchev–Trinajstić information content (AvgIpc) is 2.91. The zero-order valence-corrected chi connectivity index (χ0v) is 11.3. The highest BCUT2D eigenvalue weighted by molar-refractivity contribution is 5.89. The molecule has 104 valence electrons. The summed E-state index contributed by atoms with van der Waals surface area (Å²) >= 11 is 0. The lowest BCUT2D eigenvalue weighted by atomic mass is 10.2. The molecule has 1 aromatic rings. The summed E-state index contributed by atoms with van der Waals surface area (Å²) in [6, 6.07) is 9.27. The fourth-order valence-corrected chi connectivity index (χ4v) is 2.15. The molecule has 0 aliphatic carbocycles. The van der Waals surface area contributed by atoms with Gasteiger partial charge in [-0.05, 0) is 25.0 Å². The molecule has 2 rings (SSSR count). The summed E-state index contributed by atoms with van der Waals surface area (Å²) in [6.07, 6.45) is 2.19. The standard InChI is InChI=1S/C15H21NO3/c1-2-8-18-14-9-13(16-10-14)11-19-15(17)12-6-4-3-5-7-12/h3-7,13-14,16H,2,8-11H2,1H3/t13-,14+/m0/s1. The highest BCUT2D eigenvalue weighted by Crippen LogP contribution is 2.12. The Morgan fingerprint density at radius 1 is 1.37 bits per heavy atom. The van der Waals surface area contributed by atoms with Crippen LogP contribution in [0.3, 0.4) is 0 Å². The van der Waals surface area contributed by atoms with Crippen LogP contribution in [-0.4, -0.2) is 37.9 Å². The summed E-state index contributed by atoms with van der Waals surface area (Å²) in [5.41, 5.74) is 0.597. The van der Waals surface area contributed by atoms with Crippen molar-refractivity contribution in [1.82, 2.24) is 5.32 Å². The Labute approximate surface area is 114 Å². The van der Waals surface area contributed by atoms with E-state index in [1.165, 1.54) is 0 Å².